The smallest absolute Gasteiger partial charge is 0.120 e. The predicted molar refractivity (Wildman–Crippen MR) is 72.1 cm³/mol. The quantitative estimate of drug-likeness (QED) is 0.748. The van der Waals surface area contributed by atoms with E-state index in [9.17, 15) is 5.11 Å². The van der Waals surface area contributed by atoms with Gasteiger partial charge in [0.05, 0.1) is 13.2 Å². The third-order valence-corrected chi connectivity index (χ3v) is 3.64. The normalized spacial score (nSPS) is 23.3. The van der Waals surface area contributed by atoms with E-state index in [4.69, 9.17) is 16.3 Å². The SMILES string of the molecule is COc1ccc(CNCC2CNCC2O)c(Cl)c1. The van der Waals surface area contributed by atoms with Crippen molar-refractivity contribution in [2.75, 3.05) is 26.7 Å². The molecule has 1 saturated heterocycles. The molecule has 2 atom stereocenters. The molecule has 2 rings (SSSR count). The largest absolute Gasteiger partial charge is 0.497 e. The summed E-state index contributed by atoms with van der Waals surface area (Å²) in [5, 5.41) is 16.9. The van der Waals surface area contributed by atoms with Crippen molar-refractivity contribution in [2.45, 2.75) is 12.6 Å². The number of β-amino-alcohol motifs (C(OH)–C–C–N with tert-alkyl or cyclic N) is 1. The van der Waals surface area contributed by atoms with Crippen molar-refractivity contribution in [3.8, 4) is 5.75 Å². The molecule has 0 spiro atoms. The second-order valence-electron chi connectivity index (χ2n) is 4.57. The first kappa shape index (κ1) is 13.6. The molecule has 2 unspecified atom stereocenters. The average molecular weight is 271 g/mol. The van der Waals surface area contributed by atoms with Crippen molar-refractivity contribution >= 4 is 11.6 Å². The minimum absolute atomic E-state index is 0.246. The molecule has 0 bridgehead atoms. The van der Waals surface area contributed by atoms with Gasteiger partial charge in [0.2, 0.25) is 0 Å². The van der Waals surface area contributed by atoms with Crippen molar-refractivity contribution in [3.63, 3.8) is 0 Å². The van der Waals surface area contributed by atoms with Gasteiger partial charge in [-0.2, -0.15) is 0 Å². The number of ether oxygens (including phenoxy) is 1. The summed E-state index contributed by atoms with van der Waals surface area (Å²) < 4.78 is 5.10. The summed E-state index contributed by atoms with van der Waals surface area (Å²) in [6.45, 7) is 3.04. The third kappa shape index (κ3) is 3.36. The Morgan fingerprint density at radius 1 is 1.50 bits per heavy atom. The third-order valence-electron chi connectivity index (χ3n) is 3.29. The molecule has 0 saturated carbocycles. The molecule has 0 aliphatic carbocycles. The monoisotopic (exact) mass is 270 g/mol. The van der Waals surface area contributed by atoms with Crippen LogP contribution in [0.1, 0.15) is 5.56 Å². The van der Waals surface area contributed by atoms with E-state index in [0.29, 0.717) is 18.1 Å². The van der Waals surface area contributed by atoms with E-state index in [1.807, 2.05) is 18.2 Å². The summed E-state index contributed by atoms with van der Waals surface area (Å²) in [6.07, 6.45) is -0.246. The summed E-state index contributed by atoms with van der Waals surface area (Å²) in [6, 6.07) is 5.66. The Morgan fingerprint density at radius 3 is 2.94 bits per heavy atom. The van der Waals surface area contributed by atoms with Gasteiger partial charge in [0, 0.05) is 37.1 Å². The van der Waals surface area contributed by atoms with Crippen LogP contribution in [0.3, 0.4) is 0 Å². The van der Waals surface area contributed by atoms with Crippen LogP contribution in [0.15, 0.2) is 18.2 Å². The lowest BCUT2D eigenvalue weighted by Crippen LogP contribution is -2.30. The number of hydrogen-bond acceptors (Lipinski definition) is 4. The fourth-order valence-corrected chi connectivity index (χ4v) is 2.36. The molecule has 3 N–H and O–H groups in total. The Bertz CT molecular complexity index is 401. The van der Waals surface area contributed by atoms with Gasteiger partial charge < -0.3 is 20.5 Å². The number of hydrogen-bond donors (Lipinski definition) is 3. The lowest BCUT2D eigenvalue weighted by molar-refractivity contribution is 0.146. The van der Waals surface area contributed by atoms with Crippen LogP contribution in [-0.2, 0) is 6.54 Å². The molecule has 0 amide bonds. The van der Waals surface area contributed by atoms with E-state index in [1.165, 1.54) is 0 Å². The van der Waals surface area contributed by atoms with Crippen LogP contribution in [-0.4, -0.2) is 38.0 Å². The molecule has 1 heterocycles. The van der Waals surface area contributed by atoms with Gasteiger partial charge in [-0.3, -0.25) is 0 Å². The van der Waals surface area contributed by atoms with Gasteiger partial charge in [0.25, 0.3) is 0 Å². The minimum Gasteiger partial charge on any atom is -0.497 e. The number of benzene rings is 1. The van der Waals surface area contributed by atoms with E-state index in [0.717, 1.165) is 24.4 Å². The Labute approximate surface area is 112 Å². The fourth-order valence-electron chi connectivity index (χ4n) is 2.12. The van der Waals surface area contributed by atoms with E-state index in [1.54, 1.807) is 7.11 Å². The molecule has 5 heteroatoms. The molecule has 4 nitrogen and oxygen atoms in total. The zero-order chi connectivity index (χ0) is 13.0. The maximum absolute atomic E-state index is 9.66. The minimum atomic E-state index is -0.246. The van der Waals surface area contributed by atoms with Crippen LogP contribution < -0.4 is 15.4 Å². The van der Waals surface area contributed by atoms with Crippen molar-refractivity contribution in [2.24, 2.45) is 5.92 Å². The lowest BCUT2D eigenvalue weighted by Gasteiger charge is -2.14. The first-order valence-electron chi connectivity index (χ1n) is 6.12. The highest BCUT2D eigenvalue weighted by molar-refractivity contribution is 6.31. The van der Waals surface area contributed by atoms with E-state index < -0.39 is 0 Å². The van der Waals surface area contributed by atoms with E-state index in [-0.39, 0.29) is 12.0 Å². The Kier molecular flexibility index (Phi) is 4.83. The first-order valence-corrected chi connectivity index (χ1v) is 6.50. The zero-order valence-electron chi connectivity index (χ0n) is 10.4. The molecule has 0 aromatic heterocycles. The van der Waals surface area contributed by atoms with Crippen LogP contribution in [0.2, 0.25) is 5.02 Å². The van der Waals surface area contributed by atoms with Gasteiger partial charge in [-0.05, 0) is 17.7 Å². The number of nitrogens with one attached hydrogen (secondary N) is 2. The molecule has 1 aliphatic heterocycles. The number of aliphatic hydroxyl groups excluding tert-OH is 1. The zero-order valence-corrected chi connectivity index (χ0v) is 11.2. The Hall–Kier alpha value is -0.810. The van der Waals surface area contributed by atoms with Crippen molar-refractivity contribution in [1.29, 1.82) is 0 Å². The topological polar surface area (TPSA) is 53.5 Å². The maximum atomic E-state index is 9.66. The summed E-state index contributed by atoms with van der Waals surface area (Å²) >= 11 is 6.15. The van der Waals surface area contributed by atoms with Crippen LogP contribution >= 0.6 is 11.6 Å². The van der Waals surface area contributed by atoms with Crippen LogP contribution in [0, 0.1) is 5.92 Å². The summed E-state index contributed by atoms with van der Waals surface area (Å²) in [7, 11) is 1.62. The molecular weight excluding hydrogens is 252 g/mol. The van der Waals surface area contributed by atoms with Crippen molar-refractivity contribution in [1.82, 2.24) is 10.6 Å². The highest BCUT2D eigenvalue weighted by Gasteiger charge is 2.24. The first-order chi connectivity index (χ1) is 8.70. The maximum Gasteiger partial charge on any atom is 0.120 e. The molecule has 1 aromatic carbocycles. The molecule has 1 aromatic rings. The summed E-state index contributed by atoms with van der Waals surface area (Å²) in [5.74, 6) is 1.04. The highest BCUT2D eigenvalue weighted by Crippen LogP contribution is 2.22. The summed E-state index contributed by atoms with van der Waals surface area (Å²) in [4.78, 5) is 0. The van der Waals surface area contributed by atoms with Gasteiger partial charge in [0.1, 0.15) is 5.75 Å². The van der Waals surface area contributed by atoms with Crippen LogP contribution in [0.25, 0.3) is 0 Å². The summed E-state index contributed by atoms with van der Waals surface area (Å²) in [5.41, 5.74) is 1.04. The number of aliphatic hydroxyl groups is 1. The average Bonchev–Trinajstić information content (AvgIpc) is 2.77. The highest BCUT2D eigenvalue weighted by atomic mass is 35.5. The van der Waals surface area contributed by atoms with Gasteiger partial charge in [-0.1, -0.05) is 17.7 Å². The second kappa shape index (κ2) is 6.38. The molecule has 1 aliphatic rings. The van der Waals surface area contributed by atoms with Crippen LogP contribution in [0.4, 0.5) is 0 Å². The lowest BCUT2D eigenvalue weighted by atomic mass is 10.1. The Balaban J connectivity index is 1.83. The molecule has 0 radical (unpaired) electrons. The van der Waals surface area contributed by atoms with E-state index in [2.05, 4.69) is 10.6 Å². The molecule has 18 heavy (non-hydrogen) atoms. The van der Waals surface area contributed by atoms with Gasteiger partial charge >= 0.3 is 0 Å². The molecule has 100 valence electrons. The number of rotatable bonds is 5. The van der Waals surface area contributed by atoms with Gasteiger partial charge in [-0.15, -0.1) is 0 Å². The van der Waals surface area contributed by atoms with Crippen molar-refractivity contribution in [3.05, 3.63) is 28.8 Å². The van der Waals surface area contributed by atoms with Gasteiger partial charge in [-0.25, -0.2) is 0 Å². The van der Waals surface area contributed by atoms with Crippen LogP contribution in [0.5, 0.6) is 5.75 Å². The standard InChI is InChI=1S/C13H19ClN2O2/c1-18-11-3-2-9(12(14)4-11)5-15-6-10-7-16-8-13(10)17/h2-4,10,13,15-17H,5-8H2,1H3. The second-order valence-corrected chi connectivity index (χ2v) is 4.98. The molecule has 1 fully saturated rings. The van der Waals surface area contributed by atoms with E-state index >= 15 is 0 Å². The Morgan fingerprint density at radius 2 is 2.33 bits per heavy atom. The number of halogens is 1. The predicted octanol–water partition coefficient (Wildman–Crippen LogP) is 1.02. The molecular formula is C13H19ClN2O2. The van der Waals surface area contributed by atoms with Gasteiger partial charge in [0.15, 0.2) is 0 Å². The fraction of sp³-hybridized carbons (Fsp3) is 0.538. The number of methoxy groups -OCH3 is 1. The van der Waals surface area contributed by atoms with Crippen molar-refractivity contribution < 1.29 is 9.84 Å².